The first-order valence-corrected chi connectivity index (χ1v) is 10.7. The van der Waals surface area contributed by atoms with Crippen molar-refractivity contribution >= 4 is 17.3 Å². The van der Waals surface area contributed by atoms with Gasteiger partial charge in [-0.2, -0.15) is 4.98 Å². The Morgan fingerprint density at radius 1 is 1.09 bits per heavy atom. The van der Waals surface area contributed by atoms with Crippen LogP contribution >= 0.6 is 0 Å². The maximum absolute atomic E-state index is 13.5. The van der Waals surface area contributed by atoms with Crippen molar-refractivity contribution in [3.63, 3.8) is 0 Å². The largest absolute Gasteiger partial charge is 0.395 e. The molecule has 172 valence electrons. The van der Waals surface area contributed by atoms with Gasteiger partial charge in [-0.05, 0) is 62.7 Å². The van der Waals surface area contributed by atoms with Gasteiger partial charge in [-0.3, -0.25) is 0 Å². The normalized spacial score (nSPS) is 14.9. The molecule has 2 N–H and O–H groups in total. The van der Waals surface area contributed by atoms with E-state index >= 15 is 0 Å². The molecule has 0 saturated carbocycles. The van der Waals surface area contributed by atoms with Crippen molar-refractivity contribution in [2.75, 3.05) is 43.5 Å². The van der Waals surface area contributed by atoms with Crippen LogP contribution < -0.4 is 10.2 Å². The van der Waals surface area contributed by atoms with E-state index in [1.54, 1.807) is 0 Å². The van der Waals surface area contributed by atoms with Crippen LogP contribution in [0.4, 0.5) is 26.1 Å². The number of nitrogens with zero attached hydrogens (tertiary/aromatic N) is 5. The molecule has 9 heteroatoms. The van der Waals surface area contributed by atoms with Crippen LogP contribution in [0.3, 0.4) is 0 Å². The van der Waals surface area contributed by atoms with Gasteiger partial charge in [0, 0.05) is 44.5 Å². The van der Waals surface area contributed by atoms with E-state index in [1.807, 2.05) is 13.0 Å². The average molecular weight is 445 g/mol. The van der Waals surface area contributed by atoms with Gasteiger partial charge in [-0.15, -0.1) is 5.10 Å². The molecule has 0 amide bonds. The number of aliphatic hydroxyl groups excluding tert-OH is 1. The summed E-state index contributed by atoms with van der Waals surface area (Å²) in [5, 5.41) is 16.7. The van der Waals surface area contributed by atoms with Gasteiger partial charge in [-0.1, -0.05) is 0 Å². The van der Waals surface area contributed by atoms with E-state index in [0.29, 0.717) is 18.5 Å². The number of aromatic nitrogens is 3. The van der Waals surface area contributed by atoms with Crippen molar-refractivity contribution in [2.45, 2.75) is 25.8 Å². The lowest BCUT2D eigenvalue weighted by atomic mass is 10.0. The van der Waals surface area contributed by atoms with E-state index in [2.05, 4.69) is 44.4 Å². The van der Waals surface area contributed by atoms with Gasteiger partial charge in [-0.25, -0.2) is 13.5 Å². The number of aryl methyl sites for hydroxylation is 1. The lowest BCUT2D eigenvalue weighted by molar-refractivity contribution is 0.162. The van der Waals surface area contributed by atoms with E-state index in [4.69, 9.17) is 5.11 Å². The standard InChI is InChI=1S/C23H28F2N6O.H2/c1-16-9-19(14-21(10-16)30-5-3-20(4-6-30)29(2)7-8-32)27-23-26-15-31(28-23)22-12-17(24)11-18(25)13-22;/h9-15,20,32H,3-8H2,1-2H3,(H,27,28);1H. The zero-order valence-corrected chi connectivity index (χ0v) is 18.3. The molecule has 2 heterocycles. The van der Waals surface area contributed by atoms with Crippen LogP contribution in [0.25, 0.3) is 5.69 Å². The molecule has 0 unspecified atom stereocenters. The first-order chi connectivity index (χ1) is 15.4. The summed E-state index contributed by atoms with van der Waals surface area (Å²) in [4.78, 5) is 8.82. The van der Waals surface area contributed by atoms with Crippen LogP contribution in [0, 0.1) is 18.6 Å². The Bertz CT molecular complexity index is 1050. The summed E-state index contributed by atoms with van der Waals surface area (Å²) >= 11 is 0. The number of halogens is 2. The first kappa shape index (κ1) is 22.2. The molecule has 7 nitrogen and oxygen atoms in total. The number of benzene rings is 2. The highest BCUT2D eigenvalue weighted by molar-refractivity contribution is 5.64. The second-order valence-corrected chi connectivity index (χ2v) is 8.25. The summed E-state index contributed by atoms with van der Waals surface area (Å²) in [5.41, 5.74) is 3.35. The molecule has 0 radical (unpaired) electrons. The van der Waals surface area contributed by atoms with Crippen LogP contribution in [0.1, 0.15) is 19.8 Å². The summed E-state index contributed by atoms with van der Waals surface area (Å²) in [6.45, 7) is 4.81. The molecular formula is C23H30F2N6O. The van der Waals surface area contributed by atoms with E-state index < -0.39 is 11.6 Å². The van der Waals surface area contributed by atoms with Gasteiger partial charge in [0.2, 0.25) is 5.95 Å². The Balaban J connectivity index is 0.00000306. The van der Waals surface area contributed by atoms with E-state index in [1.165, 1.54) is 23.1 Å². The Labute approximate surface area is 187 Å². The predicted molar refractivity (Wildman–Crippen MR) is 123 cm³/mol. The van der Waals surface area contributed by atoms with Gasteiger partial charge in [0.25, 0.3) is 0 Å². The molecule has 0 atom stereocenters. The van der Waals surface area contributed by atoms with Gasteiger partial charge in [0.1, 0.15) is 18.0 Å². The zero-order chi connectivity index (χ0) is 22.7. The predicted octanol–water partition coefficient (Wildman–Crippen LogP) is 3.74. The highest BCUT2D eigenvalue weighted by Gasteiger charge is 2.22. The van der Waals surface area contributed by atoms with Crippen molar-refractivity contribution in [3.8, 4) is 5.69 Å². The summed E-state index contributed by atoms with van der Waals surface area (Å²) in [6.07, 6.45) is 3.51. The maximum atomic E-state index is 13.5. The number of rotatable bonds is 7. The average Bonchev–Trinajstić information content (AvgIpc) is 3.21. The minimum absolute atomic E-state index is 0. The first-order valence-electron chi connectivity index (χ1n) is 10.7. The second-order valence-electron chi connectivity index (χ2n) is 8.25. The highest BCUT2D eigenvalue weighted by Crippen LogP contribution is 2.27. The Morgan fingerprint density at radius 3 is 2.50 bits per heavy atom. The van der Waals surface area contributed by atoms with Gasteiger partial charge in [0.15, 0.2) is 0 Å². The summed E-state index contributed by atoms with van der Waals surface area (Å²) in [7, 11) is 2.07. The van der Waals surface area contributed by atoms with Crippen LogP contribution in [0.15, 0.2) is 42.7 Å². The van der Waals surface area contributed by atoms with Crippen LogP contribution in [-0.4, -0.2) is 64.1 Å². The van der Waals surface area contributed by atoms with Crippen LogP contribution in [-0.2, 0) is 0 Å². The lowest BCUT2D eigenvalue weighted by Crippen LogP contribution is -2.44. The minimum Gasteiger partial charge on any atom is -0.395 e. The van der Waals surface area contributed by atoms with Crippen molar-refractivity contribution in [1.82, 2.24) is 19.7 Å². The van der Waals surface area contributed by atoms with Crippen molar-refractivity contribution in [3.05, 3.63) is 59.9 Å². The summed E-state index contributed by atoms with van der Waals surface area (Å²) < 4.78 is 28.3. The van der Waals surface area contributed by atoms with Gasteiger partial charge >= 0.3 is 0 Å². The second kappa shape index (κ2) is 9.62. The molecule has 1 fully saturated rings. The molecule has 3 aromatic rings. The third-order valence-electron chi connectivity index (χ3n) is 5.83. The Kier molecular flexibility index (Phi) is 6.66. The number of anilines is 3. The molecule has 0 spiro atoms. The van der Waals surface area contributed by atoms with Gasteiger partial charge < -0.3 is 20.2 Å². The van der Waals surface area contributed by atoms with Crippen molar-refractivity contribution < 1.29 is 15.3 Å². The van der Waals surface area contributed by atoms with E-state index in [-0.39, 0.29) is 13.7 Å². The van der Waals surface area contributed by atoms with Crippen molar-refractivity contribution in [1.29, 1.82) is 0 Å². The van der Waals surface area contributed by atoms with Crippen LogP contribution in [0.2, 0.25) is 0 Å². The lowest BCUT2D eigenvalue weighted by Gasteiger charge is -2.38. The van der Waals surface area contributed by atoms with Crippen LogP contribution in [0.5, 0.6) is 0 Å². The fraction of sp³-hybridized carbons (Fsp3) is 0.391. The fourth-order valence-corrected chi connectivity index (χ4v) is 4.17. The molecule has 0 bridgehead atoms. The third kappa shape index (κ3) is 5.23. The molecule has 0 aliphatic carbocycles. The van der Waals surface area contributed by atoms with E-state index in [9.17, 15) is 8.78 Å². The number of aliphatic hydroxyl groups is 1. The Hall–Kier alpha value is -3.04. The number of nitrogens with one attached hydrogen (secondary N) is 1. The topological polar surface area (TPSA) is 69.5 Å². The number of hydrogen-bond acceptors (Lipinski definition) is 6. The monoisotopic (exact) mass is 444 g/mol. The zero-order valence-electron chi connectivity index (χ0n) is 18.3. The summed E-state index contributed by atoms with van der Waals surface area (Å²) in [5.74, 6) is -0.991. The molecule has 4 rings (SSSR count). The van der Waals surface area contributed by atoms with Gasteiger partial charge in [0.05, 0.1) is 12.3 Å². The number of piperidine rings is 1. The number of likely N-dealkylation sites (N-methyl/N-ethyl adjacent to an activating group) is 1. The fourth-order valence-electron chi connectivity index (χ4n) is 4.17. The SMILES string of the molecule is Cc1cc(Nc2ncn(-c3cc(F)cc(F)c3)n2)cc(N2CCC(N(C)CCO)CC2)c1.[HH]. The third-order valence-corrected chi connectivity index (χ3v) is 5.83. The molecular weight excluding hydrogens is 414 g/mol. The molecule has 1 aliphatic rings. The quantitative estimate of drug-likeness (QED) is 0.579. The van der Waals surface area contributed by atoms with E-state index in [0.717, 1.165) is 48.9 Å². The van der Waals surface area contributed by atoms with Crippen molar-refractivity contribution in [2.24, 2.45) is 0 Å². The number of hydrogen-bond donors (Lipinski definition) is 2. The summed E-state index contributed by atoms with van der Waals surface area (Å²) in [6, 6.07) is 9.94. The molecule has 2 aromatic carbocycles. The maximum Gasteiger partial charge on any atom is 0.246 e. The smallest absolute Gasteiger partial charge is 0.246 e. The molecule has 1 aromatic heterocycles. The molecule has 1 saturated heterocycles. The minimum atomic E-state index is -0.667. The molecule has 1 aliphatic heterocycles. The highest BCUT2D eigenvalue weighted by atomic mass is 19.1. The molecule has 32 heavy (non-hydrogen) atoms. The Morgan fingerprint density at radius 2 is 1.81 bits per heavy atom.